The first-order valence-corrected chi connectivity index (χ1v) is 5.12. The fourth-order valence-corrected chi connectivity index (χ4v) is 1.18. The van der Waals surface area contributed by atoms with Crippen molar-refractivity contribution in [2.75, 3.05) is 34.4 Å². The van der Waals surface area contributed by atoms with E-state index in [0.717, 1.165) is 6.54 Å². The van der Waals surface area contributed by atoms with Crippen molar-refractivity contribution in [3.8, 4) is 11.5 Å². The molecule has 0 fully saturated rings. The lowest BCUT2D eigenvalue weighted by Crippen LogP contribution is -2.16. The van der Waals surface area contributed by atoms with Crippen molar-refractivity contribution in [2.24, 2.45) is 0 Å². The Hall–Kier alpha value is -1.82. The third-order valence-corrected chi connectivity index (χ3v) is 2.05. The molecular formula is C11H16N2O4. The summed E-state index contributed by atoms with van der Waals surface area (Å²) in [5.74, 6) is 0.340. The molecule has 0 aromatic carbocycles. The van der Waals surface area contributed by atoms with Crippen molar-refractivity contribution in [3.05, 3.63) is 18.0 Å². The standard InChI is InChI=1S/C11H16N2O4/c1-12-4-5-17-8-6-9(15-2)10(13-7-8)11(14)16-3/h6-7,12H,4-5H2,1-3H3. The number of likely N-dealkylation sites (N-methyl/N-ethyl adjacent to an activating group) is 1. The number of rotatable bonds is 6. The van der Waals surface area contributed by atoms with Gasteiger partial charge in [0.05, 0.1) is 20.4 Å². The molecule has 6 nitrogen and oxygen atoms in total. The highest BCUT2D eigenvalue weighted by Crippen LogP contribution is 2.22. The number of nitrogens with zero attached hydrogens (tertiary/aromatic N) is 1. The zero-order valence-corrected chi connectivity index (χ0v) is 10.1. The molecule has 17 heavy (non-hydrogen) atoms. The van der Waals surface area contributed by atoms with Crippen LogP contribution in [0.15, 0.2) is 12.3 Å². The monoisotopic (exact) mass is 240 g/mol. The number of ether oxygens (including phenoxy) is 3. The second kappa shape index (κ2) is 6.70. The highest BCUT2D eigenvalue weighted by atomic mass is 16.5. The SMILES string of the molecule is CNCCOc1cnc(C(=O)OC)c(OC)c1. The van der Waals surface area contributed by atoms with Gasteiger partial charge in [-0.3, -0.25) is 0 Å². The number of esters is 1. The van der Waals surface area contributed by atoms with E-state index < -0.39 is 5.97 Å². The molecule has 94 valence electrons. The molecule has 0 saturated heterocycles. The molecule has 0 aliphatic rings. The summed E-state index contributed by atoms with van der Waals surface area (Å²) < 4.78 is 15.0. The van der Waals surface area contributed by atoms with E-state index in [0.29, 0.717) is 18.1 Å². The van der Waals surface area contributed by atoms with Gasteiger partial charge in [-0.25, -0.2) is 9.78 Å². The Labute approximate surface area is 99.9 Å². The molecule has 0 bridgehead atoms. The van der Waals surface area contributed by atoms with E-state index >= 15 is 0 Å². The Morgan fingerprint density at radius 2 is 2.24 bits per heavy atom. The third-order valence-electron chi connectivity index (χ3n) is 2.05. The Morgan fingerprint density at radius 3 is 2.82 bits per heavy atom. The van der Waals surface area contributed by atoms with Gasteiger partial charge in [0.25, 0.3) is 0 Å². The summed E-state index contributed by atoms with van der Waals surface area (Å²) in [7, 11) is 4.59. The number of carbonyl (C=O) groups excluding carboxylic acids is 1. The van der Waals surface area contributed by atoms with E-state index in [2.05, 4.69) is 15.0 Å². The summed E-state index contributed by atoms with van der Waals surface area (Å²) in [6.07, 6.45) is 1.46. The zero-order valence-electron chi connectivity index (χ0n) is 10.1. The minimum atomic E-state index is -0.538. The van der Waals surface area contributed by atoms with Crippen LogP contribution >= 0.6 is 0 Å². The quantitative estimate of drug-likeness (QED) is 0.576. The van der Waals surface area contributed by atoms with Gasteiger partial charge in [-0.2, -0.15) is 0 Å². The molecule has 1 aromatic heterocycles. The maximum absolute atomic E-state index is 11.3. The van der Waals surface area contributed by atoms with Crippen LogP contribution in [0, 0.1) is 0 Å². The number of carbonyl (C=O) groups is 1. The molecule has 0 atom stereocenters. The van der Waals surface area contributed by atoms with Crippen molar-refractivity contribution >= 4 is 5.97 Å². The van der Waals surface area contributed by atoms with E-state index in [4.69, 9.17) is 9.47 Å². The predicted molar refractivity (Wildman–Crippen MR) is 61.6 cm³/mol. The first-order chi connectivity index (χ1) is 8.22. The largest absolute Gasteiger partial charge is 0.494 e. The van der Waals surface area contributed by atoms with Crippen molar-refractivity contribution in [3.63, 3.8) is 0 Å². The average Bonchev–Trinajstić information content (AvgIpc) is 2.38. The van der Waals surface area contributed by atoms with Crippen LogP contribution in [0.1, 0.15) is 10.5 Å². The number of pyridine rings is 1. The first kappa shape index (κ1) is 13.2. The second-order valence-electron chi connectivity index (χ2n) is 3.17. The molecule has 0 saturated carbocycles. The van der Waals surface area contributed by atoms with Gasteiger partial charge in [-0.05, 0) is 7.05 Å². The topological polar surface area (TPSA) is 69.7 Å². The van der Waals surface area contributed by atoms with Gasteiger partial charge in [0.15, 0.2) is 11.4 Å². The van der Waals surface area contributed by atoms with Gasteiger partial charge in [0.2, 0.25) is 0 Å². The Kier molecular flexibility index (Phi) is 5.22. The normalized spacial score (nSPS) is 9.82. The van der Waals surface area contributed by atoms with Gasteiger partial charge >= 0.3 is 5.97 Å². The average molecular weight is 240 g/mol. The molecule has 6 heteroatoms. The fraction of sp³-hybridized carbons (Fsp3) is 0.455. The number of aromatic nitrogens is 1. The van der Waals surface area contributed by atoms with E-state index in [9.17, 15) is 4.79 Å². The molecular weight excluding hydrogens is 224 g/mol. The molecule has 1 heterocycles. The Balaban J connectivity index is 2.81. The van der Waals surface area contributed by atoms with Crippen molar-refractivity contribution < 1.29 is 19.0 Å². The van der Waals surface area contributed by atoms with Crippen LogP contribution < -0.4 is 14.8 Å². The summed E-state index contributed by atoms with van der Waals surface area (Å²) in [5, 5.41) is 2.95. The summed E-state index contributed by atoms with van der Waals surface area (Å²) in [6, 6.07) is 1.61. The van der Waals surface area contributed by atoms with Gasteiger partial charge in [-0.1, -0.05) is 0 Å². The molecule has 0 spiro atoms. The Morgan fingerprint density at radius 1 is 1.47 bits per heavy atom. The van der Waals surface area contributed by atoms with Crippen molar-refractivity contribution in [2.45, 2.75) is 0 Å². The Bertz CT molecular complexity index is 382. The third kappa shape index (κ3) is 3.60. The number of hydrogen-bond acceptors (Lipinski definition) is 6. The molecule has 0 radical (unpaired) electrons. The summed E-state index contributed by atoms with van der Waals surface area (Å²) in [4.78, 5) is 15.3. The molecule has 1 N–H and O–H groups in total. The zero-order chi connectivity index (χ0) is 12.7. The van der Waals surface area contributed by atoms with Crippen LogP contribution in [0.3, 0.4) is 0 Å². The molecule has 1 rings (SSSR count). The van der Waals surface area contributed by atoms with E-state index in [1.54, 1.807) is 6.07 Å². The van der Waals surface area contributed by atoms with Gasteiger partial charge in [0, 0.05) is 12.6 Å². The lowest BCUT2D eigenvalue weighted by Gasteiger charge is -2.09. The smallest absolute Gasteiger partial charge is 0.360 e. The predicted octanol–water partition coefficient (Wildman–Crippen LogP) is 0.475. The number of hydrogen-bond donors (Lipinski definition) is 1. The second-order valence-corrected chi connectivity index (χ2v) is 3.17. The van der Waals surface area contributed by atoms with Crippen molar-refractivity contribution in [1.82, 2.24) is 10.3 Å². The molecule has 0 aliphatic heterocycles. The number of methoxy groups -OCH3 is 2. The molecule has 0 unspecified atom stereocenters. The van der Waals surface area contributed by atoms with Gasteiger partial charge in [-0.15, -0.1) is 0 Å². The lowest BCUT2D eigenvalue weighted by molar-refractivity contribution is 0.0590. The maximum atomic E-state index is 11.3. The molecule has 0 amide bonds. The van der Waals surface area contributed by atoms with E-state index in [-0.39, 0.29) is 5.69 Å². The van der Waals surface area contributed by atoms with Gasteiger partial charge < -0.3 is 19.5 Å². The van der Waals surface area contributed by atoms with Crippen molar-refractivity contribution in [1.29, 1.82) is 0 Å². The van der Waals surface area contributed by atoms with Crippen LogP contribution in [0.5, 0.6) is 11.5 Å². The van der Waals surface area contributed by atoms with E-state index in [1.165, 1.54) is 20.4 Å². The number of nitrogens with one attached hydrogen (secondary N) is 1. The van der Waals surface area contributed by atoms with Crippen LogP contribution in [0.2, 0.25) is 0 Å². The first-order valence-electron chi connectivity index (χ1n) is 5.12. The summed E-state index contributed by atoms with van der Waals surface area (Å²) in [6.45, 7) is 1.24. The minimum absolute atomic E-state index is 0.135. The fourth-order valence-electron chi connectivity index (χ4n) is 1.18. The lowest BCUT2D eigenvalue weighted by atomic mass is 10.3. The summed E-state index contributed by atoms with van der Waals surface area (Å²) in [5.41, 5.74) is 0.135. The van der Waals surface area contributed by atoms with E-state index in [1.807, 2.05) is 7.05 Å². The molecule has 0 aliphatic carbocycles. The summed E-state index contributed by atoms with van der Waals surface area (Å²) >= 11 is 0. The maximum Gasteiger partial charge on any atom is 0.360 e. The highest BCUT2D eigenvalue weighted by Gasteiger charge is 2.15. The van der Waals surface area contributed by atoms with Crippen LogP contribution in [0.25, 0.3) is 0 Å². The highest BCUT2D eigenvalue weighted by molar-refractivity contribution is 5.90. The van der Waals surface area contributed by atoms with Crippen LogP contribution in [-0.2, 0) is 4.74 Å². The van der Waals surface area contributed by atoms with Crippen LogP contribution in [-0.4, -0.2) is 45.4 Å². The minimum Gasteiger partial charge on any atom is -0.494 e. The molecule has 1 aromatic rings. The van der Waals surface area contributed by atoms with Gasteiger partial charge in [0.1, 0.15) is 12.4 Å². The van der Waals surface area contributed by atoms with Crippen LogP contribution in [0.4, 0.5) is 0 Å².